The van der Waals surface area contributed by atoms with Gasteiger partial charge in [0.15, 0.2) is 5.84 Å². The Hall–Kier alpha value is -3.31. The molecule has 0 saturated carbocycles. The summed E-state index contributed by atoms with van der Waals surface area (Å²) in [4.78, 5) is 22.6. The van der Waals surface area contributed by atoms with Crippen LogP contribution in [0.4, 0.5) is 5.82 Å². The molecule has 1 unspecified atom stereocenters. The molecule has 11 heteroatoms. The molecular formula is C18H21BN6O4. The highest BCUT2D eigenvalue weighted by atomic mass is 16.5. The normalized spacial score (nSPS) is 17.5. The summed E-state index contributed by atoms with van der Waals surface area (Å²) in [7, 11) is -1.77. The molecule has 2 aromatic heterocycles. The number of amides is 1. The van der Waals surface area contributed by atoms with Crippen LogP contribution in [0.3, 0.4) is 0 Å². The van der Waals surface area contributed by atoms with Gasteiger partial charge in [-0.2, -0.15) is 0 Å². The summed E-state index contributed by atoms with van der Waals surface area (Å²) >= 11 is 0. The van der Waals surface area contributed by atoms with Gasteiger partial charge in [-0.25, -0.2) is 9.97 Å². The monoisotopic (exact) mass is 396 g/mol. The van der Waals surface area contributed by atoms with Gasteiger partial charge in [0.2, 0.25) is 5.88 Å². The lowest BCUT2D eigenvalue weighted by molar-refractivity contribution is 0.102. The minimum absolute atomic E-state index is 0.0455. The number of ether oxygens (including phenoxy) is 1. The molecule has 29 heavy (non-hydrogen) atoms. The lowest BCUT2D eigenvalue weighted by atomic mass is 9.81. The second-order valence-electron chi connectivity index (χ2n) is 6.58. The van der Waals surface area contributed by atoms with E-state index < -0.39 is 13.0 Å². The van der Waals surface area contributed by atoms with E-state index in [1.54, 1.807) is 18.2 Å². The van der Waals surface area contributed by atoms with Crippen LogP contribution in [0, 0.1) is 10.8 Å². The molecule has 3 rings (SSSR count). The predicted molar refractivity (Wildman–Crippen MR) is 108 cm³/mol. The van der Waals surface area contributed by atoms with Gasteiger partial charge in [0, 0.05) is 17.7 Å². The summed E-state index contributed by atoms with van der Waals surface area (Å²) in [6.07, 6.45) is 3.55. The van der Waals surface area contributed by atoms with Crippen LogP contribution in [0.1, 0.15) is 35.8 Å². The summed E-state index contributed by atoms with van der Waals surface area (Å²) in [5, 5.41) is 37.4. The molecule has 3 heterocycles. The Kier molecular flexibility index (Phi) is 6.20. The first-order chi connectivity index (χ1) is 13.9. The van der Waals surface area contributed by atoms with Gasteiger partial charge in [0.05, 0.1) is 12.9 Å². The van der Waals surface area contributed by atoms with E-state index >= 15 is 0 Å². The molecule has 1 amide bonds. The average Bonchev–Trinajstić information content (AvgIpc) is 2.71. The standard InChI is InChI=1S/C18H21BN6O4/c1-11-4-3-7-29-18-13(8-12(9-22-18)19(27)28)17(26)24-15-6-2-5-14(23-15)16(21)25(11)10-20/h2,5-6,8-11,20-21,27-28H,3-4,7H2,1H3,(H,23,24,26). The molecule has 1 atom stereocenters. The Labute approximate surface area is 167 Å². The Balaban J connectivity index is 2.02. The number of carbonyl (C=O) groups excluding carboxylic acids is 1. The van der Waals surface area contributed by atoms with E-state index in [0.717, 1.165) is 6.34 Å². The van der Waals surface area contributed by atoms with Crippen molar-refractivity contribution in [1.29, 1.82) is 10.8 Å². The topological polar surface area (TPSA) is 156 Å². The second-order valence-corrected chi connectivity index (χ2v) is 6.58. The Morgan fingerprint density at radius 1 is 1.41 bits per heavy atom. The molecule has 5 N–H and O–H groups in total. The molecule has 1 aliphatic heterocycles. The first-order valence-electron chi connectivity index (χ1n) is 9.06. The number of pyridine rings is 2. The van der Waals surface area contributed by atoms with Crippen molar-refractivity contribution in [3.63, 3.8) is 0 Å². The van der Waals surface area contributed by atoms with Crippen molar-refractivity contribution >= 4 is 36.5 Å². The number of anilines is 1. The van der Waals surface area contributed by atoms with E-state index in [0.29, 0.717) is 18.5 Å². The minimum Gasteiger partial charge on any atom is -0.477 e. The highest BCUT2D eigenvalue weighted by Gasteiger charge is 2.22. The van der Waals surface area contributed by atoms with Gasteiger partial charge >= 0.3 is 7.12 Å². The number of fused-ring (bicyclic) bond motifs is 3. The van der Waals surface area contributed by atoms with Gasteiger partial charge in [-0.3, -0.25) is 15.6 Å². The van der Waals surface area contributed by atoms with Crippen LogP contribution in [0.25, 0.3) is 0 Å². The van der Waals surface area contributed by atoms with Gasteiger partial charge in [0.1, 0.15) is 17.1 Å². The Morgan fingerprint density at radius 3 is 2.93 bits per heavy atom. The zero-order valence-electron chi connectivity index (χ0n) is 15.8. The molecule has 0 radical (unpaired) electrons. The van der Waals surface area contributed by atoms with Crippen LogP contribution in [0.15, 0.2) is 30.5 Å². The second kappa shape index (κ2) is 8.80. The van der Waals surface area contributed by atoms with Crippen molar-refractivity contribution in [3.8, 4) is 5.88 Å². The predicted octanol–water partition coefficient (Wildman–Crippen LogP) is 0.204. The summed E-state index contributed by atoms with van der Waals surface area (Å²) in [5.41, 5.74) is 0.413. The number of nitrogens with one attached hydrogen (secondary N) is 3. The Morgan fingerprint density at radius 2 is 2.21 bits per heavy atom. The van der Waals surface area contributed by atoms with E-state index in [2.05, 4.69) is 15.3 Å². The molecule has 2 bridgehead atoms. The third-order valence-electron chi connectivity index (χ3n) is 4.53. The largest absolute Gasteiger partial charge is 0.490 e. The number of rotatable bonds is 2. The molecule has 0 aliphatic carbocycles. The summed E-state index contributed by atoms with van der Waals surface area (Å²) < 4.78 is 5.65. The van der Waals surface area contributed by atoms with Crippen LogP contribution in [0.2, 0.25) is 0 Å². The van der Waals surface area contributed by atoms with Crippen LogP contribution in [0.5, 0.6) is 5.88 Å². The molecule has 10 nitrogen and oxygen atoms in total. The lowest BCUT2D eigenvalue weighted by Crippen LogP contribution is -2.38. The van der Waals surface area contributed by atoms with Crippen LogP contribution >= 0.6 is 0 Å². The van der Waals surface area contributed by atoms with Gasteiger partial charge in [-0.1, -0.05) is 6.07 Å². The number of amidine groups is 1. The number of carbonyl (C=O) groups is 1. The number of nitrogens with zero attached hydrogens (tertiary/aromatic N) is 3. The number of hydrogen-bond acceptors (Lipinski definition) is 8. The average molecular weight is 396 g/mol. The van der Waals surface area contributed by atoms with Crippen LogP contribution < -0.4 is 15.5 Å². The summed E-state index contributed by atoms with van der Waals surface area (Å²) in [6, 6.07) is 6.02. The fraction of sp³-hybridized carbons (Fsp3) is 0.278. The molecule has 150 valence electrons. The number of hydrogen-bond donors (Lipinski definition) is 5. The van der Waals surface area contributed by atoms with E-state index in [1.165, 1.54) is 17.2 Å². The fourth-order valence-electron chi connectivity index (χ4n) is 2.94. The molecule has 0 fully saturated rings. The van der Waals surface area contributed by atoms with Crippen LogP contribution in [-0.4, -0.2) is 62.8 Å². The molecule has 0 aromatic carbocycles. The van der Waals surface area contributed by atoms with Gasteiger partial charge in [-0.05, 0) is 38.0 Å². The SMILES string of the molecule is CC1CCCOc2ncc(B(O)O)cc2C(=O)Nc2cccc(n2)C(=N)N1C=N. The van der Waals surface area contributed by atoms with E-state index in [1.807, 2.05) is 6.92 Å². The third kappa shape index (κ3) is 4.58. The smallest absolute Gasteiger partial charge is 0.477 e. The third-order valence-corrected chi connectivity index (χ3v) is 4.53. The van der Waals surface area contributed by atoms with E-state index in [9.17, 15) is 14.8 Å². The highest BCUT2D eigenvalue weighted by Crippen LogP contribution is 2.18. The first kappa shape index (κ1) is 20.4. The zero-order valence-corrected chi connectivity index (χ0v) is 15.8. The van der Waals surface area contributed by atoms with Crippen molar-refractivity contribution in [2.45, 2.75) is 25.8 Å². The maximum atomic E-state index is 12.8. The maximum Gasteiger partial charge on any atom is 0.490 e. The van der Waals surface area contributed by atoms with Crippen molar-refractivity contribution in [1.82, 2.24) is 14.9 Å². The summed E-state index contributed by atoms with van der Waals surface area (Å²) in [5.74, 6) is -0.257. The van der Waals surface area contributed by atoms with Crippen molar-refractivity contribution in [3.05, 3.63) is 41.7 Å². The van der Waals surface area contributed by atoms with Gasteiger partial charge in [0.25, 0.3) is 5.91 Å². The fourth-order valence-corrected chi connectivity index (χ4v) is 2.94. The van der Waals surface area contributed by atoms with E-state index in [4.69, 9.17) is 15.6 Å². The minimum atomic E-state index is -1.77. The Bertz CT molecular complexity index is 938. The van der Waals surface area contributed by atoms with Crippen molar-refractivity contribution < 1.29 is 19.6 Å². The molecular weight excluding hydrogens is 375 g/mol. The highest BCUT2D eigenvalue weighted by molar-refractivity contribution is 6.58. The molecule has 2 aromatic rings. The number of aromatic nitrogens is 2. The van der Waals surface area contributed by atoms with Crippen LogP contribution in [-0.2, 0) is 0 Å². The van der Waals surface area contributed by atoms with Gasteiger partial charge < -0.3 is 25.0 Å². The van der Waals surface area contributed by atoms with Gasteiger partial charge in [-0.15, -0.1) is 0 Å². The molecule has 1 aliphatic rings. The van der Waals surface area contributed by atoms with Crippen molar-refractivity contribution in [2.24, 2.45) is 0 Å². The maximum absolute atomic E-state index is 12.8. The van der Waals surface area contributed by atoms with E-state index in [-0.39, 0.29) is 41.2 Å². The lowest BCUT2D eigenvalue weighted by Gasteiger charge is -2.27. The quantitative estimate of drug-likeness (QED) is 0.276. The zero-order chi connectivity index (χ0) is 21.0. The first-order valence-corrected chi connectivity index (χ1v) is 9.06. The summed E-state index contributed by atoms with van der Waals surface area (Å²) in [6.45, 7) is 2.17. The van der Waals surface area contributed by atoms with Crippen molar-refractivity contribution in [2.75, 3.05) is 11.9 Å². The molecule has 0 spiro atoms. The molecule has 0 saturated heterocycles.